The molecule has 7 aromatic rings. The summed E-state index contributed by atoms with van der Waals surface area (Å²) in [6, 6.07) is 47.2. The Balaban J connectivity index is 1.84. The molecule has 0 bridgehead atoms. The minimum Gasteiger partial charge on any atom is -0.308 e. The Hall–Kier alpha value is -4.33. The van der Waals surface area contributed by atoms with Crippen molar-refractivity contribution in [2.24, 2.45) is 0 Å². The Morgan fingerprint density at radius 3 is 1.75 bits per heavy atom. The van der Waals surface area contributed by atoms with Crippen molar-refractivity contribution in [2.75, 3.05) is 0 Å². The van der Waals surface area contributed by atoms with Crippen molar-refractivity contribution in [3.63, 3.8) is 0 Å². The van der Waals surface area contributed by atoms with Gasteiger partial charge in [-0.05, 0) is 51.6 Å². The fourth-order valence-corrected chi connectivity index (χ4v) is 5.73. The third kappa shape index (κ3) is 3.17. The summed E-state index contributed by atoms with van der Waals surface area (Å²) in [4.78, 5) is 0. The van der Waals surface area contributed by atoms with Gasteiger partial charge < -0.3 is 4.57 Å². The summed E-state index contributed by atoms with van der Waals surface area (Å²) in [5.74, 6) is 0. The SMILES string of the molecule is Clc1ccc2c(c1)c1ccccc1c1c2c(-c2ccccc2)c(-c2ccccc2)n1-c1ccccc1. The predicted molar refractivity (Wildman–Crippen MR) is 154 cm³/mol. The van der Waals surface area contributed by atoms with E-state index in [1.165, 1.54) is 54.8 Å². The van der Waals surface area contributed by atoms with Gasteiger partial charge in [-0.1, -0.05) is 121 Å². The molecule has 0 unspecified atom stereocenters. The first-order valence-electron chi connectivity index (χ1n) is 12.2. The zero-order valence-corrected chi connectivity index (χ0v) is 20.3. The van der Waals surface area contributed by atoms with Crippen LogP contribution in [0.4, 0.5) is 0 Å². The highest BCUT2D eigenvalue weighted by atomic mass is 35.5. The quantitative estimate of drug-likeness (QED) is 0.222. The number of benzene rings is 6. The van der Waals surface area contributed by atoms with Gasteiger partial charge in [0, 0.05) is 27.0 Å². The highest BCUT2D eigenvalue weighted by molar-refractivity contribution is 6.34. The van der Waals surface area contributed by atoms with Crippen LogP contribution in [0.5, 0.6) is 0 Å². The molecule has 6 aromatic carbocycles. The van der Waals surface area contributed by atoms with E-state index in [0.29, 0.717) is 0 Å². The van der Waals surface area contributed by atoms with Crippen LogP contribution in [0.1, 0.15) is 0 Å². The van der Waals surface area contributed by atoms with E-state index >= 15 is 0 Å². The van der Waals surface area contributed by atoms with E-state index < -0.39 is 0 Å². The summed E-state index contributed by atoms with van der Waals surface area (Å²) in [5, 5.41) is 6.79. The molecule has 7 rings (SSSR count). The van der Waals surface area contributed by atoms with Crippen LogP contribution in [0.25, 0.3) is 60.5 Å². The maximum absolute atomic E-state index is 6.55. The van der Waals surface area contributed by atoms with Gasteiger partial charge in [0.1, 0.15) is 0 Å². The summed E-state index contributed by atoms with van der Waals surface area (Å²) >= 11 is 6.55. The van der Waals surface area contributed by atoms with E-state index in [2.05, 4.69) is 132 Å². The molecule has 0 atom stereocenters. The first-order valence-corrected chi connectivity index (χ1v) is 12.5. The largest absolute Gasteiger partial charge is 0.308 e. The number of fused-ring (bicyclic) bond motifs is 6. The molecule has 1 aromatic heterocycles. The number of hydrogen-bond acceptors (Lipinski definition) is 0. The second-order valence-corrected chi connectivity index (χ2v) is 9.52. The molecule has 0 saturated carbocycles. The second-order valence-electron chi connectivity index (χ2n) is 9.09. The molecule has 0 amide bonds. The van der Waals surface area contributed by atoms with Crippen LogP contribution in [0.15, 0.2) is 133 Å². The molecule has 0 fully saturated rings. The Bertz CT molecular complexity index is 1870. The lowest BCUT2D eigenvalue weighted by Gasteiger charge is -2.14. The summed E-state index contributed by atoms with van der Waals surface area (Å²) in [6.45, 7) is 0. The monoisotopic (exact) mass is 479 g/mol. The zero-order chi connectivity index (χ0) is 24.1. The normalized spacial score (nSPS) is 11.5. The van der Waals surface area contributed by atoms with Crippen LogP contribution in [0.3, 0.4) is 0 Å². The van der Waals surface area contributed by atoms with Gasteiger partial charge in [-0.15, -0.1) is 0 Å². The van der Waals surface area contributed by atoms with Crippen LogP contribution in [0.2, 0.25) is 5.02 Å². The van der Waals surface area contributed by atoms with E-state index in [4.69, 9.17) is 11.6 Å². The highest BCUT2D eigenvalue weighted by Crippen LogP contribution is 2.48. The van der Waals surface area contributed by atoms with Crippen molar-refractivity contribution in [1.29, 1.82) is 0 Å². The molecule has 36 heavy (non-hydrogen) atoms. The van der Waals surface area contributed by atoms with E-state index in [1.54, 1.807) is 0 Å². The maximum atomic E-state index is 6.55. The Kier molecular flexibility index (Phi) is 4.90. The minimum atomic E-state index is 0.749. The van der Waals surface area contributed by atoms with Crippen molar-refractivity contribution >= 4 is 44.0 Å². The molecule has 0 spiro atoms. The van der Waals surface area contributed by atoms with Gasteiger partial charge >= 0.3 is 0 Å². The topological polar surface area (TPSA) is 4.93 Å². The van der Waals surface area contributed by atoms with Crippen LogP contribution in [0, 0.1) is 0 Å². The third-order valence-corrected chi connectivity index (χ3v) is 7.25. The summed E-state index contributed by atoms with van der Waals surface area (Å²) < 4.78 is 2.45. The number of rotatable bonds is 3. The number of para-hydroxylation sites is 1. The van der Waals surface area contributed by atoms with E-state index in [-0.39, 0.29) is 0 Å². The Labute approximate surface area is 214 Å². The molecular formula is C34H22ClN. The summed E-state index contributed by atoms with van der Waals surface area (Å²) in [7, 11) is 0. The highest BCUT2D eigenvalue weighted by Gasteiger charge is 2.25. The molecule has 0 aliphatic carbocycles. The second kappa shape index (κ2) is 8.41. The first kappa shape index (κ1) is 21.0. The molecule has 1 nitrogen and oxygen atoms in total. The molecule has 1 heterocycles. The van der Waals surface area contributed by atoms with Crippen molar-refractivity contribution in [3.8, 4) is 28.1 Å². The lowest BCUT2D eigenvalue weighted by Crippen LogP contribution is -1.98. The maximum Gasteiger partial charge on any atom is 0.0626 e. The number of hydrogen-bond donors (Lipinski definition) is 0. The molecule has 0 saturated heterocycles. The van der Waals surface area contributed by atoms with Gasteiger partial charge in [-0.25, -0.2) is 0 Å². The van der Waals surface area contributed by atoms with Gasteiger partial charge in [0.2, 0.25) is 0 Å². The van der Waals surface area contributed by atoms with Gasteiger partial charge in [0.15, 0.2) is 0 Å². The average molecular weight is 480 g/mol. The Morgan fingerprint density at radius 2 is 1.06 bits per heavy atom. The van der Waals surface area contributed by atoms with Gasteiger partial charge in [0.25, 0.3) is 0 Å². The molecule has 170 valence electrons. The predicted octanol–water partition coefficient (Wildman–Crippen LogP) is 9.92. The smallest absolute Gasteiger partial charge is 0.0626 e. The van der Waals surface area contributed by atoms with Crippen molar-refractivity contribution < 1.29 is 0 Å². The summed E-state index contributed by atoms with van der Waals surface area (Å²) in [6.07, 6.45) is 0. The molecular weight excluding hydrogens is 458 g/mol. The fourth-order valence-electron chi connectivity index (χ4n) is 5.56. The Morgan fingerprint density at radius 1 is 0.472 bits per heavy atom. The minimum absolute atomic E-state index is 0.749. The van der Waals surface area contributed by atoms with E-state index in [0.717, 1.165) is 10.7 Å². The van der Waals surface area contributed by atoms with Crippen molar-refractivity contribution in [2.45, 2.75) is 0 Å². The molecule has 0 aliphatic heterocycles. The molecule has 0 radical (unpaired) electrons. The standard InChI is InChI=1S/C34H22ClN/c35-25-20-21-28-30(22-25)27-18-10-11-19-29(27)34-32(28)31(23-12-4-1-5-13-23)33(24-14-6-2-7-15-24)36(34)26-16-8-3-9-17-26/h1-22H. The van der Waals surface area contributed by atoms with Gasteiger partial charge in [-0.3, -0.25) is 0 Å². The molecule has 0 N–H and O–H groups in total. The zero-order valence-electron chi connectivity index (χ0n) is 19.5. The van der Waals surface area contributed by atoms with Crippen LogP contribution >= 0.6 is 11.6 Å². The lowest BCUT2D eigenvalue weighted by atomic mass is 9.92. The number of nitrogens with zero attached hydrogens (tertiary/aromatic N) is 1. The first-order chi connectivity index (χ1) is 17.8. The van der Waals surface area contributed by atoms with E-state index in [1.807, 2.05) is 6.07 Å². The van der Waals surface area contributed by atoms with Crippen molar-refractivity contribution in [3.05, 3.63) is 138 Å². The molecule has 0 aliphatic rings. The average Bonchev–Trinajstić information content (AvgIpc) is 3.31. The third-order valence-electron chi connectivity index (χ3n) is 7.02. The summed E-state index contributed by atoms with van der Waals surface area (Å²) in [5.41, 5.74) is 7.16. The van der Waals surface area contributed by atoms with Crippen LogP contribution in [-0.4, -0.2) is 4.57 Å². The molecule has 2 heteroatoms. The number of halogens is 1. The van der Waals surface area contributed by atoms with Crippen LogP contribution < -0.4 is 0 Å². The number of aromatic nitrogens is 1. The fraction of sp³-hybridized carbons (Fsp3) is 0. The lowest BCUT2D eigenvalue weighted by molar-refractivity contribution is 1.14. The van der Waals surface area contributed by atoms with Crippen molar-refractivity contribution in [1.82, 2.24) is 4.57 Å². The van der Waals surface area contributed by atoms with Crippen LogP contribution in [-0.2, 0) is 0 Å². The van der Waals surface area contributed by atoms with E-state index in [9.17, 15) is 0 Å². The van der Waals surface area contributed by atoms with Gasteiger partial charge in [-0.2, -0.15) is 0 Å². The van der Waals surface area contributed by atoms with Gasteiger partial charge in [0.05, 0.1) is 11.2 Å².